The van der Waals surface area contributed by atoms with E-state index in [4.69, 9.17) is 9.72 Å². The Morgan fingerprint density at radius 3 is 2.74 bits per heavy atom. The van der Waals surface area contributed by atoms with E-state index in [9.17, 15) is 0 Å². The van der Waals surface area contributed by atoms with Crippen molar-refractivity contribution in [2.45, 2.75) is 19.9 Å². The molecule has 0 spiro atoms. The summed E-state index contributed by atoms with van der Waals surface area (Å²) >= 11 is 0. The van der Waals surface area contributed by atoms with Gasteiger partial charge in [0.05, 0.1) is 17.1 Å². The average Bonchev–Trinajstić information content (AvgIpc) is 2.74. The largest absolute Gasteiger partial charge is 0.384 e. The van der Waals surface area contributed by atoms with Crippen LogP contribution in [0.2, 0.25) is 0 Å². The van der Waals surface area contributed by atoms with Crippen molar-refractivity contribution >= 4 is 11.0 Å². The van der Waals surface area contributed by atoms with E-state index in [0.29, 0.717) is 5.92 Å². The first-order valence-corrected chi connectivity index (χ1v) is 6.77. The van der Waals surface area contributed by atoms with Crippen LogP contribution in [-0.4, -0.2) is 29.8 Å². The zero-order valence-electron chi connectivity index (χ0n) is 12.2. The van der Waals surface area contributed by atoms with Gasteiger partial charge in [-0.3, -0.25) is 0 Å². The molecule has 0 saturated heterocycles. The van der Waals surface area contributed by atoms with Crippen molar-refractivity contribution in [2.24, 2.45) is 13.0 Å². The minimum atomic E-state index is 0.233. The monoisotopic (exact) mass is 261 g/mol. The van der Waals surface area contributed by atoms with Crippen LogP contribution in [0.3, 0.4) is 0 Å². The van der Waals surface area contributed by atoms with Gasteiger partial charge in [0.1, 0.15) is 5.82 Å². The van der Waals surface area contributed by atoms with E-state index in [1.807, 2.05) is 12.1 Å². The predicted octanol–water partition coefficient (Wildman–Crippen LogP) is 2.51. The number of rotatable bonds is 6. The Morgan fingerprint density at radius 2 is 2.05 bits per heavy atom. The summed E-state index contributed by atoms with van der Waals surface area (Å²) < 4.78 is 7.31. The molecule has 2 rings (SSSR count). The zero-order chi connectivity index (χ0) is 13.8. The van der Waals surface area contributed by atoms with E-state index in [0.717, 1.165) is 24.5 Å². The number of nitrogens with one attached hydrogen (secondary N) is 1. The summed E-state index contributed by atoms with van der Waals surface area (Å²) in [5, 5.41) is 3.52. The molecule has 2 atom stereocenters. The van der Waals surface area contributed by atoms with Crippen LogP contribution in [-0.2, 0) is 11.8 Å². The molecule has 2 unspecified atom stereocenters. The van der Waals surface area contributed by atoms with Crippen LogP contribution in [0.25, 0.3) is 11.0 Å². The molecule has 19 heavy (non-hydrogen) atoms. The standard InChI is InChI=1S/C15H23N3O/c1-11(10-19-4)9-16-12(2)15-17-13-7-5-6-8-14(13)18(15)3/h5-8,11-12,16H,9-10H2,1-4H3. The fourth-order valence-electron chi connectivity index (χ4n) is 2.36. The molecule has 0 aliphatic heterocycles. The second-order valence-electron chi connectivity index (χ2n) is 5.21. The lowest BCUT2D eigenvalue weighted by atomic mass is 10.2. The van der Waals surface area contributed by atoms with Crippen molar-refractivity contribution in [3.05, 3.63) is 30.1 Å². The minimum Gasteiger partial charge on any atom is -0.384 e. The van der Waals surface area contributed by atoms with Gasteiger partial charge in [-0.2, -0.15) is 0 Å². The Hall–Kier alpha value is -1.39. The van der Waals surface area contributed by atoms with Crippen molar-refractivity contribution in [1.29, 1.82) is 0 Å². The molecule has 4 heteroatoms. The minimum absolute atomic E-state index is 0.233. The van der Waals surface area contributed by atoms with Gasteiger partial charge in [-0.25, -0.2) is 4.98 Å². The molecule has 0 aliphatic carbocycles. The van der Waals surface area contributed by atoms with Crippen molar-refractivity contribution in [1.82, 2.24) is 14.9 Å². The number of benzene rings is 1. The number of ether oxygens (including phenoxy) is 1. The van der Waals surface area contributed by atoms with Crippen molar-refractivity contribution in [3.63, 3.8) is 0 Å². The van der Waals surface area contributed by atoms with Crippen molar-refractivity contribution in [2.75, 3.05) is 20.3 Å². The topological polar surface area (TPSA) is 39.1 Å². The van der Waals surface area contributed by atoms with Crippen LogP contribution >= 0.6 is 0 Å². The normalized spacial score (nSPS) is 14.7. The highest BCUT2D eigenvalue weighted by atomic mass is 16.5. The smallest absolute Gasteiger partial charge is 0.126 e. The molecular formula is C15H23N3O. The maximum atomic E-state index is 5.15. The van der Waals surface area contributed by atoms with Gasteiger partial charge in [0, 0.05) is 27.3 Å². The number of imidazole rings is 1. The van der Waals surface area contributed by atoms with Gasteiger partial charge >= 0.3 is 0 Å². The number of aryl methyl sites for hydroxylation is 1. The number of hydrogen-bond donors (Lipinski definition) is 1. The summed E-state index contributed by atoms with van der Waals surface area (Å²) in [6.45, 7) is 6.04. The third-order valence-electron chi connectivity index (χ3n) is 3.43. The SMILES string of the molecule is COCC(C)CNC(C)c1nc2ccccc2n1C. The van der Waals surface area contributed by atoms with Gasteiger partial charge < -0.3 is 14.6 Å². The highest BCUT2D eigenvalue weighted by Crippen LogP contribution is 2.19. The van der Waals surface area contributed by atoms with Gasteiger partial charge in [0.2, 0.25) is 0 Å². The molecule has 1 aromatic carbocycles. The number of nitrogens with zero attached hydrogens (tertiary/aromatic N) is 2. The Kier molecular flexibility index (Phi) is 4.56. The van der Waals surface area contributed by atoms with E-state index in [2.05, 4.69) is 42.9 Å². The number of para-hydroxylation sites is 2. The predicted molar refractivity (Wildman–Crippen MR) is 78.2 cm³/mol. The lowest BCUT2D eigenvalue weighted by molar-refractivity contribution is 0.157. The van der Waals surface area contributed by atoms with Crippen LogP contribution in [0, 0.1) is 5.92 Å². The summed E-state index contributed by atoms with van der Waals surface area (Å²) in [6, 6.07) is 8.46. The molecule has 104 valence electrons. The van der Waals surface area contributed by atoms with Gasteiger partial charge in [0.15, 0.2) is 0 Å². The maximum absolute atomic E-state index is 5.15. The highest BCUT2D eigenvalue weighted by Gasteiger charge is 2.14. The van der Waals surface area contributed by atoms with E-state index in [1.165, 1.54) is 5.52 Å². The van der Waals surface area contributed by atoms with Gasteiger partial charge in [-0.15, -0.1) is 0 Å². The second-order valence-corrected chi connectivity index (χ2v) is 5.21. The summed E-state index contributed by atoms with van der Waals surface area (Å²) in [5.41, 5.74) is 2.23. The fourth-order valence-corrected chi connectivity index (χ4v) is 2.36. The molecule has 0 saturated carbocycles. The first kappa shape index (κ1) is 14.0. The first-order valence-electron chi connectivity index (χ1n) is 6.77. The lowest BCUT2D eigenvalue weighted by Crippen LogP contribution is -2.28. The molecule has 2 aromatic rings. The van der Waals surface area contributed by atoms with Crippen LogP contribution in [0.1, 0.15) is 25.7 Å². The van der Waals surface area contributed by atoms with Crippen LogP contribution in [0.5, 0.6) is 0 Å². The molecule has 4 nitrogen and oxygen atoms in total. The second kappa shape index (κ2) is 6.17. The summed E-state index contributed by atoms with van der Waals surface area (Å²) in [4.78, 5) is 4.71. The van der Waals surface area contributed by atoms with E-state index < -0.39 is 0 Å². The Balaban J connectivity index is 2.09. The summed E-state index contributed by atoms with van der Waals surface area (Å²) in [6.07, 6.45) is 0. The molecule has 1 N–H and O–H groups in total. The Morgan fingerprint density at radius 1 is 1.32 bits per heavy atom. The van der Waals surface area contributed by atoms with Gasteiger partial charge in [-0.1, -0.05) is 19.1 Å². The highest BCUT2D eigenvalue weighted by molar-refractivity contribution is 5.75. The van der Waals surface area contributed by atoms with Crippen LogP contribution < -0.4 is 5.32 Å². The van der Waals surface area contributed by atoms with E-state index in [1.54, 1.807) is 7.11 Å². The van der Waals surface area contributed by atoms with Crippen molar-refractivity contribution < 1.29 is 4.74 Å². The van der Waals surface area contributed by atoms with Crippen LogP contribution in [0.4, 0.5) is 0 Å². The third-order valence-corrected chi connectivity index (χ3v) is 3.43. The Bertz CT molecular complexity index is 535. The van der Waals surface area contributed by atoms with E-state index in [-0.39, 0.29) is 6.04 Å². The van der Waals surface area contributed by atoms with Crippen molar-refractivity contribution in [3.8, 4) is 0 Å². The molecule has 0 radical (unpaired) electrons. The van der Waals surface area contributed by atoms with Crippen LogP contribution in [0.15, 0.2) is 24.3 Å². The quantitative estimate of drug-likeness (QED) is 0.868. The number of fused-ring (bicyclic) bond motifs is 1. The molecule has 1 aromatic heterocycles. The summed E-state index contributed by atoms with van der Waals surface area (Å²) in [5.74, 6) is 1.58. The third kappa shape index (κ3) is 3.14. The Labute approximate surface area is 114 Å². The fraction of sp³-hybridized carbons (Fsp3) is 0.533. The summed E-state index contributed by atoms with van der Waals surface area (Å²) in [7, 11) is 3.81. The molecule has 0 amide bonds. The first-order chi connectivity index (χ1) is 9.13. The number of methoxy groups -OCH3 is 1. The average molecular weight is 261 g/mol. The molecule has 1 heterocycles. The molecule has 0 fully saturated rings. The van der Waals surface area contributed by atoms with Gasteiger partial charge in [0.25, 0.3) is 0 Å². The van der Waals surface area contributed by atoms with E-state index >= 15 is 0 Å². The zero-order valence-corrected chi connectivity index (χ0v) is 12.2. The number of hydrogen-bond acceptors (Lipinski definition) is 3. The molecule has 0 bridgehead atoms. The number of aromatic nitrogens is 2. The molecular weight excluding hydrogens is 238 g/mol. The lowest BCUT2D eigenvalue weighted by Gasteiger charge is -2.17. The maximum Gasteiger partial charge on any atom is 0.126 e. The molecule has 0 aliphatic rings. The van der Waals surface area contributed by atoms with Gasteiger partial charge in [-0.05, 0) is 25.0 Å².